The SMILES string of the molecule is CC(C)c1cnn2c(NCc3ccccc3-n3cccn3)nc(SC3CCCNC3)nc12. The van der Waals surface area contributed by atoms with Crippen LogP contribution in [0.4, 0.5) is 5.95 Å². The number of aromatic nitrogens is 6. The van der Waals surface area contributed by atoms with E-state index < -0.39 is 0 Å². The van der Waals surface area contributed by atoms with Gasteiger partial charge in [-0.1, -0.05) is 43.8 Å². The number of para-hydroxylation sites is 1. The fourth-order valence-corrected chi connectivity index (χ4v) is 5.05. The van der Waals surface area contributed by atoms with Crippen LogP contribution >= 0.6 is 11.8 Å². The van der Waals surface area contributed by atoms with Crippen LogP contribution in [0.5, 0.6) is 0 Å². The van der Waals surface area contributed by atoms with Crippen molar-refractivity contribution in [3.8, 4) is 5.69 Å². The molecule has 1 aliphatic heterocycles. The number of thioether (sulfide) groups is 1. The summed E-state index contributed by atoms with van der Waals surface area (Å²) in [4.78, 5) is 9.76. The molecule has 9 heteroatoms. The standard InChI is InChI=1S/C23H28N8S/c1-16(2)19-15-27-31-21(19)28-23(32-18-8-5-10-24-14-18)29-22(31)25-13-17-7-3-4-9-20(17)30-12-6-11-26-30/h3-4,6-7,9,11-12,15-16,18,24H,5,8,10,13-14H2,1-2H3,(H,25,28,29). The number of rotatable bonds is 7. The molecule has 0 aliphatic carbocycles. The van der Waals surface area contributed by atoms with Gasteiger partial charge in [0.1, 0.15) is 0 Å². The summed E-state index contributed by atoms with van der Waals surface area (Å²) in [5.74, 6) is 1.05. The Bertz CT molecular complexity index is 1180. The van der Waals surface area contributed by atoms with Gasteiger partial charge in [-0.3, -0.25) is 0 Å². The van der Waals surface area contributed by atoms with E-state index in [0.717, 1.165) is 40.7 Å². The van der Waals surface area contributed by atoms with E-state index in [1.807, 2.05) is 39.8 Å². The van der Waals surface area contributed by atoms with Crippen molar-refractivity contribution in [2.75, 3.05) is 18.4 Å². The summed E-state index contributed by atoms with van der Waals surface area (Å²) in [7, 11) is 0. The third-order valence-corrected chi connectivity index (χ3v) is 6.83. The molecule has 0 radical (unpaired) electrons. The number of nitrogens with one attached hydrogen (secondary N) is 2. The Morgan fingerprint density at radius 1 is 1.19 bits per heavy atom. The molecule has 8 nitrogen and oxygen atoms in total. The number of benzene rings is 1. The van der Waals surface area contributed by atoms with Gasteiger partial charge in [0, 0.05) is 36.3 Å². The smallest absolute Gasteiger partial charge is 0.228 e. The molecule has 0 amide bonds. The second kappa shape index (κ2) is 9.30. The van der Waals surface area contributed by atoms with E-state index in [0.29, 0.717) is 23.7 Å². The lowest BCUT2D eigenvalue weighted by Gasteiger charge is -2.21. The van der Waals surface area contributed by atoms with Crippen LogP contribution in [0, 0.1) is 0 Å². The molecule has 166 valence electrons. The van der Waals surface area contributed by atoms with Gasteiger partial charge in [-0.15, -0.1) is 0 Å². The number of piperidine rings is 1. The number of anilines is 1. The van der Waals surface area contributed by atoms with Crippen molar-refractivity contribution >= 4 is 23.4 Å². The Hall–Kier alpha value is -2.91. The Morgan fingerprint density at radius 3 is 2.88 bits per heavy atom. The summed E-state index contributed by atoms with van der Waals surface area (Å²) in [6, 6.07) is 10.2. The van der Waals surface area contributed by atoms with E-state index in [9.17, 15) is 0 Å². The summed E-state index contributed by atoms with van der Waals surface area (Å²) in [5, 5.41) is 17.3. The zero-order chi connectivity index (χ0) is 21.9. The van der Waals surface area contributed by atoms with Crippen molar-refractivity contribution in [3.05, 3.63) is 60.0 Å². The molecule has 1 fully saturated rings. The summed E-state index contributed by atoms with van der Waals surface area (Å²) in [6.45, 7) is 7.04. The van der Waals surface area contributed by atoms with Gasteiger partial charge in [-0.05, 0) is 43.0 Å². The first-order valence-electron chi connectivity index (χ1n) is 11.1. The summed E-state index contributed by atoms with van der Waals surface area (Å²) in [6.07, 6.45) is 8.03. The predicted molar refractivity (Wildman–Crippen MR) is 128 cm³/mol. The van der Waals surface area contributed by atoms with Crippen LogP contribution in [0.25, 0.3) is 11.3 Å². The number of hydrogen-bond acceptors (Lipinski definition) is 7. The molecule has 0 bridgehead atoms. The second-order valence-electron chi connectivity index (χ2n) is 8.34. The van der Waals surface area contributed by atoms with Gasteiger partial charge < -0.3 is 10.6 Å². The Kier molecular flexibility index (Phi) is 6.09. The zero-order valence-corrected chi connectivity index (χ0v) is 19.2. The van der Waals surface area contributed by atoms with Crippen LogP contribution in [0.3, 0.4) is 0 Å². The Morgan fingerprint density at radius 2 is 2.09 bits per heavy atom. The van der Waals surface area contributed by atoms with Crippen LogP contribution in [-0.4, -0.2) is 47.7 Å². The van der Waals surface area contributed by atoms with Gasteiger partial charge >= 0.3 is 0 Å². The van der Waals surface area contributed by atoms with Gasteiger partial charge in [0.25, 0.3) is 0 Å². The van der Waals surface area contributed by atoms with Crippen LogP contribution in [-0.2, 0) is 6.54 Å². The summed E-state index contributed by atoms with van der Waals surface area (Å²) >= 11 is 1.76. The average molecular weight is 449 g/mol. The lowest BCUT2D eigenvalue weighted by molar-refractivity contribution is 0.530. The molecular weight excluding hydrogens is 420 g/mol. The fraction of sp³-hybridized carbons (Fsp3) is 0.391. The van der Waals surface area contributed by atoms with Gasteiger partial charge in [-0.2, -0.15) is 19.7 Å². The maximum absolute atomic E-state index is 4.89. The van der Waals surface area contributed by atoms with Crippen molar-refractivity contribution in [2.45, 2.75) is 49.6 Å². The molecule has 4 aromatic rings. The number of nitrogens with zero attached hydrogens (tertiary/aromatic N) is 6. The van der Waals surface area contributed by atoms with E-state index in [2.05, 4.69) is 46.8 Å². The number of hydrogen-bond donors (Lipinski definition) is 2. The van der Waals surface area contributed by atoms with Crippen molar-refractivity contribution in [1.29, 1.82) is 0 Å². The van der Waals surface area contributed by atoms with Gasteiger partial charge in [0.05, 0.1) is 11.9 Å². The van der Waals surface area contributed by atoms with Gasteiger partial charge in [0.15, 0.2) is 10.8 Å². The monoisotopic (exact) mass is 448 g/mol. The lowest BCUT2D eigenvalue weighted by atomic mass is 10.1. The topological polar surface area (TPSA) is 85.0 Å². The molecule has 4 heterocycles. The van der Waals surface area contributed by atoms with Crippen LogP contribution < -0.4 is 10.6 Å². The summed E-state index contributed by atoms with van der Waals surface area (Å²) in [5.41, 5.74) is 4.19. The highest BCUT2D eigenvalue weighted by Crippen LogP contribution is 2.28. The van der Waals surface area contributed by atoms with E-state index >= 15 is 0 Å². The van der Waals surface area contributed by atoms with Gasteiger partial charge in [-0.25, -0.2) is 9.67 Å². The first-order valence-corrected chi connectivity index (χ1v) is 12.0. The molecule has 1 unspecified atom stereocenters. The normalized spacial score (nSPS) is 16.7. The maximum Gasteiger partial charge on any atom is 0.228 e. The largest absolute Gasteiger partial charge is 0.350 e. The molecular formula is C23H28N8S. The lowest BCUT2D eigenvalue weighted by Crippen LogP contribution is -2.31. The predicted octanol–water partition coefficient (Wildman–Crippen LogP) is 3.89. The quantitative estimate of drug-likeness (QED) is 0.444. The molecule has 0 spiro atoms. The van der Waals surface area contributed by atoms with Crippen molar-refractivity contribution < 1.29 is 0 Å². The van der Waals surface area contributed by atoms with Crippen LogP contribution in [0.15, 0.2) is 54.1 Å². The van der Waals surface area contributed by atoms with E-state index in [4.69, 9.17) is 9.97 Å². The van der Waals surface area contributed by atoms with E-state index in [-0.39, 0.29) is 0 Å². The van der Waals surface area contributed by atoms with E-state index in [1.54, 1.807) is 18.0 Å². The highest BCUT2D eigenvalue weighted by atomic mass is 32.2. The highest BCUT2D eigenvalue weighted by Gasteiger charge is 2.20. The number of fused-ring (bicyclic) bond motifs is 1. The summed E-state index contributed by atoms with van der Waals surface area (Å²) < 4.78 is 3.71. The van der Waals surface area contributed by atoms with Crippen molar-refractivity contribution in [2.24, 2.45) is 0 Å². The third-order valence-electron chi connectivity index (χ3n) is 5.70. The minimum Gasteiger partial charge on any atom is -0.350 e. The third kappa shape index (κ3) is 4.35. The molecule has 0 saturated carbocycles. The van der Waals surface area contributed by atoms with Crippen molar-refractivity contribution in [3.63, 3.8) is 0 Å². The molecule has 2 N–H and O–H groups in total. The van der Waals surface area contributed by atoms with Crippen molar-refractivity contribution in [1.82, 2.24) is 34.7 Å². The second-order valence-corrected chi connectivity index (χ2v) is 9.61. The Labute approximate surface area is 191 Å². The van der Waals surface area contributed by atoms with Gasteiger partial charge in [0.2, 0.25) is 5.95 Å². The average Bonchev–Trinajstić information content (AvgIpc) is 3.49. The molecule has 1 aliphatic rings. The highest BCUT2D eigenvalue weighted by molar-refractivity contribution is 7.99. The molecule has 1 aromatic carbocycles. The van der Waals surface area contributed by atoms with Crippen LogP contribution in [0.1, 0.15) is 43.7 Å². The zero-order valence-electron chi connectivity index (χ0n) is 18.4. The minimum absolute atomic E-state index is 0.338. The first kappa shape index (κ1) is 21.0. The van der Waals surface area contributed by atoms with E-state index in [1.165, 1.54) is 12.8 Å². The molecule has 1 saturated heterocycles. The first-order chi connectivity index (χ1) is 15.7. The maximum atomic E-state index is 4.89. The molecule has 32 heavy (non-hydrogen) atoms. The molecule has 5 rings (SSSR count). The minimum atomic E-state index is 0.338. The van der Waals surface area contributed by atoms with Crippen LogP contribution in [0.2, 0.25) is 0 Å². The molecule has 1 atom stereocenters. The molecule has 3 aromatic heterocycles. The fourth-order valence-electron chi connectivity index (χ4n) is 3.99. The Balaban J connectivity index is 1.46.